The summed E-state index contributed by atoms with van der Waals surface area (Å²) in [6, 6.07) is -4.90. The van der Waals surface area contributed by atoms with Crippen LogP contribution in [0.3, 0.4) is 0 Å². The Hall–Kier alpha value is -1.54. The Morgan fingerprint density at radius 1 is 0.812 bits per heavy atom. The normalized spacial score (nSPS) is 25.6. The van der Waals surface area contributed by atoms with Gasteiger partial charge in [-0.05, 0) is 6.42 Å². The number of nitrogens with zero attached hydrogens (tertiary/aromatic N) is 1. The van der Waals surface area contributed by atoms with Crippen molar-refractivity contribution in [2.24, 2.45) is 0 Å². The van der Waals surface area contributed by atoms with Crippen molar-refractivity contribution in [1.82, 2.24) is 0 Å². The van der Waals surface area contributed by atoms with E-state index in [2.05, 4.69) is 6.58 Å². The lowest BCUT2D eigenvalue weighted by Gasteiger charge is -2.39. The summed E-state index contributed by atoms with van der Waals surface area (Å²) in [5.74, 6) is -38.6. The monoisotopic (exact) mass is 500 g/mol. The van der Waals surface area contributed by atoms with Crippen molar-refractivity contribution >= 4 is 5.91 Å². The molecule has 0 aromatic carbocycles. The minimum absolute atomic E-state index is 0.0903. The number of amides is 1. The third-order valence-electron chi connectivity index (χ3n) is 5.58. The minimum atomic E-state index is -7.96. The maximum atomic E-state index is 14.7. The molecule has 0 aromatic heterocycles. The largest absolute Gasteiger partial charge is 0.460 e. The minimum Gasteiger partial charge on any atom is -0.236 e. The summed E-state index contributed by atoms with van der Waals surface area (Å²) in [4.78, 5) is 12.2. The lowest BCUT2D eigenvalue weighted by Crippen LogP contribution is -2.71. The van der Waals surface area contributed by atoms with Gasteiger partial charge >= 0.3 is 41.7 Å². The smallest absolute Gasteiger partial charge is 0.236 e. The van der Waals surface area contributed by atoms with Gasteiger partial charge in [0.25, 0.3) is 0 Å². The molecule has 0 bridgehead atoms. The highest BCUT2D eigenvalue weighted by Gasteiger charge is 2.95. The number of carbonyl (C=O) groups excluding carboxylic acids is 1. The molecule has 1 heterocycles. The van der Waals surface area contributed by atoms with Gasteiger partial charge < -0.3 is 0 Å². The highest BCUT2D eigenvalue weighted by atomic mass is 19.4. The Morgan fingerprint density at radius 2 is 1.25 bits per heavy atom. The molecule has 0 spiro atoms. The van der Waals surface area contributed by atoms with E-state index in [-0.39, 0.29) is 12.8 Å². The zero-order valence-corrected chi connectivity index (χ0v) is 16.5. The quantitative estimate of drug-likeness (QED) is 0.151. The molecule has 15 heteroatoms. The molecule has 3 unspecified atom stereocenters. The number of carbonyl (C=O) groups is 1. The number of halogens is 13. The zero-order valence-electron chi connectivity index (χ0n) is 16.5. The Balaban J connectivity index is 3.63. The van der Waals surface area contributed by atoms with E-state index in [1.54, 1.807) is 0 Å². The van der Waals surface area contributed by atoms with Gasteiger partial charge in [0.15, 0.2) is 6.04 Å². The average molecular weight is 500 g/mol. The van der Waals surface area contributed by atoms with Gasteiger partial charge in [-0.3, -0.25) is 0 Å². The van der Waals surface area contributed by atoms with Crippen molar-refractivity contribution in [2.45, 2.75) is 81.0 Å². The molecule has 1 rings (SSSR count). The third kappa shape index (κ3) is 3.49. The molecule has 0 radical (unpaired) electrons. The predicted molar refractivity (Wildman–Crippen MR) is 83.9 cm³/mol. The summed E-state index contributed by atoms with van der Waals surface area (Å²) in [5, 5.41) is 0. The van der Waals surface area contributed by atoms with E-state index < -0.39 is 71.2 Å². The molecule has 3 atom stereocenters. The van der Waals surface area contributed by atoms with Gasteiger partial charge in [-0.15, -0.1) is 0 Å². The first-order valence-electron chi connectivity index (χ1n) is 9.11. The van der Waals surface area contributed by atoms with E-state index in [1.807, 2.05) is 0 Å². The summed E-state index contributed by atoms with van der Waals surface area (Å²) in [6.45, 7) is 4.92. The number of rotatable bonds is 10. The van der Waals surface area contributed by atoms with Crippen LogP contribution in [0.4, 0.5) is 57.1 Å². The van der Waals surface area contributed by atoms with Gasteiger partial charge in [-0.2, -0.15) is 57.1 Å². The highest BCUT2D eigenvalue weighted by Crippen LogP contribution is 2.64. The molecular weight excluding hydrogens is 481 g/mol. The molecule has 0 N–H and O–H groups in total. The molecular formula is C17H19F13NO+. The van der Waals surface area contributed by atoms with Crippen molar-refractivity contribution < 1.29 is 66.4 Å². The molecule has 0 aromatic rings. The lowest BCUT2D eigenvalue weighted by molar-refractivity contribution is -0.755. The Bertz CT molecular complexity index is 730. The fourth-order valence-electron chi connectivity index (χ4n) is 3.81. The van der Waals surface area contributed by atoms with Crippen LogP contribution in [-0.2, 0) is 4.79 Å². The average Bonchev–Trinajstić information content (AvgIpc) is 3.33. The van der Waals surface area contributed by atoms with E-state index in [1.165, 1.54) is 6.92 Å². The third-order valence-corrected chi connectivity index (χ3v) is 5.58. The fraction of sp³-hybridized carbons (Fsp3) is 0.824. The summed E-state index contributed by atoms with van der Waals surface area (Å²) in [6.07, 6.45) is -7.47. The molecule has 1 fully saturated rings. The van der Waals surface area contributed by atoms with Gasteiger partial charge in [-0.1, -0.05) is 26.8 Å². The molecule has 1 aliphatic rings. The summed E-state index contributed by atoms with van der Waals surface area (Å²) in [7, 11) is 0. The van der Waals surface area contributed by atoms with Gasteiger partial charge in [0.2, 0.25) is 6.04 Å². The van der Waals surface area contributed by atoms with Crippen LogP contribution in [-0.4, -0.2) is 64.8 Å². The summed E-state index contributed by atoms with van der Waals surface area (Å²) in [5.41, 5.74) is 0. The van der Waals surface area contributed by atoms with Gasteiger partial charge in [0.1, 0.15) is 0 Å². The number of alkyl halides is 13. The van der Waals surface area contributed by atoms with Crippen molar-refractivity contribution in [1.29, 1.82) is 0 Å². The van der Waals surface area contributed by atoms with Crippen LogP contribution in [0.25, 0.3) is 0 Å². The zero-order chi connectivity index (χ0) is 25.8. The highest BCUT2D eigenvalue weighted by molar-refractivity contribution is 5.82. The molecule has 32 heavy (non-hydrogen) atoms. The van der Waals surface area contributed by atoms with Crippen molar-refractivity contribution in [3.8, 4) is 0 Å². The van der Waals surface area contributed by atoms with Crippen molar-refractivity contribution in [3.05, 3.63) is 12.7 Å². The van der Waals surface area contributed by atoms with Crippen LogP contribution in [0.15, 0.2) is 12.7 Å². The number of quaternary nitrogens is 1. The van der Waals surface area contributed by atoms with Gasteiger partial charge in [-0.25, -0.2) is 9.28 Å². The van der Waals surface area contributed by atoms with Crippen molar-refractivity contribution in [3.63, 3.8) is 0 Å². The molecule has 1 saturated heterocycles. The van der Waals surface area contributed by atoms with Crippen LogP contribution >= 0.6 is 0 Å². The van der Waals surface area contributed by atoms with E-state index in [0.717, 1.165) is 6.92 Å². The second kappa shape index (κ2) is 8.05. The van der Waals surface area contributed by atoms with E-state index >= 15 is 0 Å². The first-order valence-corrected chi connectivity index (χ1v) is 9.11. The van der Waals surface area contributed by atoms with E-state index in [9.17, 15) is 61.9 Å². The van der Waals surface area contributed by atoms with Crippen LogP contribution in [0.2, 0.25) is 0 Å². The molecule has 0 saturated carbocycles. The number of unbranched alkanes of at least 4 members (excludes halogenated alkanes) is 1. The predicted octanol–water partition coefficient (Wildman–Crippen LogP) is 6.22. The summed E-state index contributed by atoms with van der Waals surface area (Å²) < 4.78 is 173. The maximum absolute atomic E-state index is 14.7. The first-order chi connectivity index (χ1) is 14.1. The Labute approximate surface area is 173 Å². The maximum Gasteiger partial charge on any atom is 0.460 e. The molecule has 1 amide bonds. The van der Waals surface area contributed by atoms with Gasteiger partial charge in [0, 0.05) is 12.5 Å². The van der Waals surface area contributed by atoms with Crippen LogP contribution in [0.1, 0.15) is 33.1 Å². The second-order valence-electron chi connectivity index (χ2n) is 7.39. The molecule has 188 valence electrons. The Kier molecular flexibility index (Phi) is 7.16. The number of hydrogen-bond donors (Lipinski definition) is 0. The first kappa shape index (κ1) is 28.5. The second-order valence-corrected chi connectivity index (χ2v) is 7.39. The van der Waals surface area contributed by atoms with Crippen LogP contribution in [0.5, 0.6) is 0 Å². The van der Waals surface area contributed by atoms with Crippen LogP contribution in [0, 0.1) is 0 Å². The standard InChI is InChI=1S/C17H19F13NO/c1-4-7-8-31(10(32)6-3)9(5-2)11(31)12(18,19)13(20,21)14(22,23)15(24,25)16(26,27)17(28,29)30/h6,9,11H,3-5,7-8H2,1-2H3/q+1. The Morgan fingerprint density at radius 3 is 1.59 bits per heavy atom. The van der Waals surface area contributed by atoms with E-state index in [0.29, 0.717) is 6.08 Å². The van der Waals surface area contributed by atoms with Crippen molar-refractivity contribution in [2.75, 3.05) is 6.54 Å². The SMILES string of the molecule is C=CC(=O)[N+]1(CCCC)C(CC)C1C(F)(F)C(F)(F)C(F)(F)C(F)(F)C(F)(F)C(F)(F)F. The molecule has 1 aliphatic heterocycles. The van der Waals surface area contributed by atoms with Crippen LogP contribution < -0.4 is 0 Å². The van der Waals surface area contributed by atoms with Gasteiger partial charge in [0.05, 0.1) is 6.54 Å². The number of hydrogen-bond acceptors (Lipinski definition) is 1. The molecule has 2 nitrogen and oxygen atoms in total. The molecule has 0 aliphatic carbocycles. The summed E-state index contributed by atoms with van der Waals surface area (Å²) >= 11 is 0. The fourth-order valence-corrected chi connectivity index (χ4v) is 3.81. The lowest BCUT2D eigenvalue weighted by atomic mass is 9.91. The topological polar surface area (TPSA) is 17.1 Å². The van der Waals surface area contributed by atoms with E-state index in [4.69, 9.17) is 0 Å².